The molecule has 1 amide bonds. The van der Waals surface area contributed by atoms with E-state index in [0.717, 1.165) is 18.2 Å². The van der Waals surface area contributed by atoms with Crippen LogP contribution in [0, 0.1) is 5.92 Å². The predicted molar refractivity (Wildman–Crippen MR) is 95.7 cm³/mol. The van der Waals surface area contributed by atoms with Gasteiger partial charge in [-0.2, -0.15) is 0 Å². The minimum Gasteiger partial charge on any atom is -0.449 e. The van der Waals surface area contributed by atoms with Crippen molar-refractivity contribution in [3.63, 3.8) is 0 Å². The lowest BCUT2D eigenvalue weighted by atomic mass is 9.90. The van der Waals surface area contributed by atoms with E-state index >= 15 is 0 Å². The highest BCUT2D eigenvalue weighted by molar-refractivity contribution is 7.15. The molecule has 2 heterocycles. The highest BCUT2D eigenvalue weighted by Gasteiger charge is 2.26. The standard InChI is InChI=1S/C17H28N4O2S/c1-13(2)12-23-17(22)21-10-8-20(9-11-21)16-19-18-15(24-16)14-6-4-3-5-7-14/h13-14H,3-12H2,1-2H3. The first-order valence-corrected chi connectivity index (χ1v) is 9.95. The number of piperazine rings is 1. The van der Waals surface area contributed by atoms with Crippen LogP contribution in [0.15, 0.2) is 0 Å². The average Bonchev–Trinajstić information content (AvgIpc) is 3.10. The van der Waals surface area contributed by atoms with Gasteiger partial charge in [-0.1, -0.05) is 44.4 Å². The van der Waals surface area contributed by atoms with E-state index in [0.29, 0.717) is 31.5 Å². The highest BCUT2D eigenvalue weighted by atomic mass is 32.1. The zero-order valence-electron chi connectivity index (χ0n) is 14.7. The lowest BCUT2D eigenvalue weighted by Gasteiger charge is -2.33. The van der Waals surface area contributed by atoms with Crippen LogP contribution < -0.4 is 4.90 Å². The summed E-state index contributed by atoms with van der Waals surface area (Å²) in [4.78, 5) is 16.1. The van der Waals surface area contributed by atoms with Crippen molar-refractivity contribution in [1.82, 2.24) is 15.1 Å². The zero-order chi connectivity index (χ0) is 16.9. The number of amides is 1. The molecule has 1 aromatic heterocycles. The molecule has 3 rings (SSSR count). The summed E-state index contributed by atoms with van der Waals surface area (Å²) in [6.07, 6.45) is 6.31. The third kappa shape index (κ3) is 4.37. The lowest BCUT2D eigenvalue weighted by molar-refractivity contribution is 0.0901. The zero-order valence-corrected chi connectivity index (χ0v) is 15.6. The van der Waals surface area contributed by atoms with Crippen molar-refractivity contribution in [1.29, 1.82) is 0 Å². The lowest BCUT2D eigenvalue weighted by Crippen LogP contribution is -2.49. The van der Waals surface area contributed by atoms with Crippen molar-refractivity contribution >= 4 is 22.6 Å². The second kappa shape index (κ2) is 8.14. The van der Waals surface area contributed by atoms with E-state index in [1.165, 1.54) is 37.1 Å². The molecule has 6 nitrogen and oxygen atoms in total. The van der Waals surface area contributed by atoms with Crippen LogP contribution in [-0.2, 0) is 4.74 Å². The van der Waals surface area contributed by atoms with E-state index in [2.05, 4.69) is 15.1 Å². The monoisotopic (exact) mass is 352 g/mol. The van der Waals surface area contributed by atoms with E-state index in [1.54, 1.807) is 16.2 Å². The third-order valence-corrected chi connectivity index (χ3v) is 5.88. The molecule has 24 heavy (non-hydrogen) atoms. The number of nitrogens with zero attached hydrogens (tertiary/aromatic N) is 4. The van der Waals surface area contributed by atoms with Crippen molar-refractivity contribution in [3.05, 3.63) is 5.01 Å². The van der Waals surface area contributed by atoms with Gasteiger partial charge in [0.2, 0.25) is 5.13 Å². The molecule has 134 valence electrons. The van der Waals surface area contributed by atoms with Gasteiger partial charge in [-0.15, -0.1) is 10.2 Å². The number of hydrogen-bond acceptors (Lipinski definition) is 6. The molecule has 1 aliphatic heterocycles. The molecule has 0 radical (unpaired) electrons. The van der Waals surface area contributed by atoms with Gasteiger partial charge in [-0.05, 0) is 18.8 Å². The number of ether oxygens (including phenoxy) is 1. The third-order valence-electron chi connectivity index (χ3n) is 4.73. The maximum absolute atomic E-state index is 12.0. The van der Waals surface area contributed by atoms with E-state index in [4.69, 9.17) is 4.74 Å². The fourth-order valence-electron chi connectivity index (χ4n) is 3.28. The number of carbonyl (C=O) groups is 1. The summed E-state index contributed by atoms with van der Waals surface area (Å²) in [5, 5.41) is 11.0. The Bertz CT molecular complexity index is 534. The summed E-state index contributed by atoms with van der Waals surface area (Å²) in [6, 6.07) is 0. The molecule has 7 heteroatoms. The van der Waals surface area contributed by atoms with E-state index in [9.17, 15) is 4.79 Å². The van der Waals surface area contributed by atoms with Crippen molar-refractivity contribution in [2.24, 2.45) is 5.92 Å². The number of aromatic nitrogens is 2. The molecule has 1 aliphatic carbocycles. The summed E-state index contributed by atoms with van der Waals surface area (Å²) in [5.74, 6) is 0.979. The Hall–Kier alpha value is -1.37. The summed E-state index contributed by atoms with van der Waals surface area (Å²) in [6.45, 7) is 7.56. The van der Waals surface area contributed by atoms with Crippen LogP contribution >= 0.6 is 11.3 Å². The SMILES string of the molecule is CC(C)COC(=O)N1CCN(c2nnc(C3CCCCC3)s2)CC1. The summed E-state index contributed by atoms with van der Waals surface area (Å²) in [5.41, 5.74) is 0. The molecule has 0 aromatic carbocycles. The molecular formula is C17H28N4O2S. The Morgan fingerprint density at radius 2 is 1.88 bits per heavy atom. The first kappa shape index (κ1) is 17.5. The Morgan fingerprint density at radius 1 is 1.17 bits per heavy atom. The van der Waals surface area contributed by atoms with Gasteiger partial charge in [0, 0.05) is 32.1 Å². The Labute approximate surface area is 148 Å². The Morgan fingerprint density at radius 3 is 2.54 bits per heavy atom. The molecule has 0 spiro atoms. The van der Waals surface area contributed by atoms with Crippen LogP contribution in [0.1, 0.15) is 56.9 Å². The largest absolute Gasteiger partial charge is 0.449 e. The van der Waals surface area contributed by atoms with Gasteiger partial charge in [-0.25, -0.2) is 4.79 Å². The van der Waals surface area contributed by atoms with Gasteiger partial charge in [0.15, 0.2) is 0 Å². The Kier molecular flexibility index (Phi) is 5.92. The molecule has 0 unspecified atom stereocenters. The second-order valence-corrected chi connectivity index (χ2v) is 8.19. The fourth-order valence-corrected chi connectivity index (χ4v) is 4.34. The van der Waals surface area contributed by atoms with Crippen LogP contribution in [-0.4, -0.2) is 54.0 Å². The quantitative estimate of drug-likeness (QED) is 0.830. The molecule has 1 saturated carbocycles. The van der Waals surface area contributed by atoms with Crippen LogP contribution in [0.25, 0.3) is 0 Å². The fraction of sp³-hybridized carbons (Fsp3) is 0.824. The van der Waals surface area contributed by atoms with E-state index in [-0.39, 0.29) is 6.09 Å². The van der Waals surface area contributed by atoms with Gasteiger partial charge in [-0.3, -0.25) is 0 Å². The van der Waals surface area contributed by atoms with E-state index < -0.39 is 0 Å². The first-order chi connectivity index (χ1) is 11.6. The molecule has 0 atom stereocenters. The maximum atomic E-state index is 12.0. The summed E-state index contributed by atoms with van der Waals surface area (Å²) < 4.78 is 5.31. The number of anilines is 1. The number of rotatable bonds is 4. The van der Waals surface area contributed by atoms with Crippen LogP contribution in [0.4, 0.5) is 9.93 Å². The molecule has 0 N–H and O–H groups in total. The van der Waals surface area contributed by atoms with Gasteiger partial charge in [0.1, 0.15) is 5.01 Å². The minimum atomic E-state index is -0.191. The maximum Gasteiger partial charge on any atom is 0.409 e. The summed E-state index contributed by atoms with van der Waals surface area (Å²) in [7, 11) is 0. The van der Waals surface area contributed by atoms with Crippen molar-refractivity contribution in [3.8, 4) is 0 Å². The van der Waals surface area contributed by atoms with Crippen molar-refractivity contribution < 1.29 is 9.53 Å². The molecule has 2 fully saturated rings. The summed E-state index contributed by atoms with van der Waals surface area (Å²) >= 11 is 1.74. The van der Waals surface area contributed by atoms with Crippen LogP contribution in [0.5, 0.6) is 0 Å². The van der Waals surface area contributed by atoms with Gasteiger partial charge >= 0.3 is 6.09 Å². The predicted octanol–water partition coefficient (Wildman–Crippen LogP) is 3.50. The normalized spacial score (nSPS) is 19.8. The molecular weight excluding hydrogens is 324 g/mol. The average molecular weight is 353 g/mol. The Balaban J connectivity index is 1.49. The molecule has 2 aliphatic rings. The van der Waals surface area contributed by atoms with E-state index in [1.807, 2.05) is 13.8 Å². The minimum absolute atomic E-state index is 0.191. The number of carbonyl (C=O) groups excluding carboxylic acids is 1. The molecule has 0 bridgehead atoms. The highest BCUT2D eigenvalue weighted by Crippen LogP contribution is 2.36. The van der Waals surface area contributed by atoms with Crippen LogP contribution in [0.3, 0.4) is 0 Å². The second-order valence-electron chi connectivity index (χ2n) is 7.20. The smallest absolute Gasteiger partial charge is 0.409 e. The van der Waals surface area contributed by atoms with Gasteiger partial charge in [0.25, 0.3) is 0 Å². The first-order valence-electron chi connectivity index (χ1n) is 9.13. The van der Waals surface area contributed by atoms with Crippen molar-refractivity contribution in [2.45, 2.75) is 51.9 Å². The molecule has 1 aromatic rings. The van der Waals surface area contributed by atoms with Gasteiger partial charge < -0.3 is 14.5 Å². The van der Waals surface area contributed by atoms with Crippen molar-refractivity contribution in [2.75, 3.05) is 37.7 Å². The van der Waals surface area contributed by atoms with Gasteiger partial charge in [0.05, 0.1) is 6.61 Å². The number of hydrogen-bond donors (Lipinski definition) is 0. The van der Waals surface area contributed by atoms with Crippen LogP contribution in [0.2, 0.25) is 0 Å². The topological polar surface area (TPSA) is 58.6 Å². The molecule has 1 saturated heterocycles.